The zero-order chi connectivity index (χ0) is 13.3. The third-order valence-corrected chi connectivity index (χ3v) is 3.77. The summed E-state index contributed by atoms with van der Waals surface area (Å²) in [7, 11) is 0. The molecular formula is C16H25NO2. The lowest BCUT2D eigenvalue weighted by Gasteiger charge is -2.15. The number of nitrogens with zero attached hydrogens (tertiary/aromatic N) is 1. The van der Waals surface area contributed by atoms with E-state index in [1.165, 1.54) is 5.56 Å². The summed E-state index contributed by atoms with van der Waals surface area (Å²) in [5, 5.41) is 9.08. The summed E-state index contributed by atoms with van der Waals surface area (Å²) in [6, 6.07) is 10.5. The van der Waals surface area contributed by atoms with Crippen LogP contribution in [0.3, 0.4) is 0 Å². The lowest BCUT2D eigenvalue weighted by Crippen LogP contribution is -2.23. The van der Waals surface area contributed by atoms with Gasteiger partial charge in [0.1, 0.15) is 0 Å². The Hall–Kier alpha value is -0.900. The van der Waals surface area contributed by atoms with Gasteiger partial charge in [0.2, 0.25) is 0 Å². The van der Waals surface area contributed by atoms with Gasteiger partial charge in [-0.3, -0.25) is 0 Å². The third-order valence-electron chi connectivity index (χ3n) is 3.77. The summed E-state index contributed by atoms with van der Waals surface area (Å²) in [4.78, 5) is 2.43. The fourth-order valence-electron chi connectivity index (χ4n) is 2.59. The average Bonchev–Trinajstić information content (AvgIpc) is 2.92. The lowest BCUT2D eigenvalue weighted by molar-refractivity contribution is 0.125. The van der Waals surface area contributed by atoms with E-state index in [-0.39, 0.29) is 0 Å². The van der Waals surface area contributed by atoms with E-state index >= 15 is 0 Å². The van der Waals surface area contributed by atoms with Crippen molar-refractivity contribution < 1.29 is 9.84 Å². The normalized spacial score (nSPS) is 19.9. The Morgan fingerprint density at radius 1 is 1.21 bits per heavy atom. The highest BCUT2D eigenvalue weighted by Crippen LogP contribution is 2.15. The number of hydrogen-bond acceptors (Lipinski definition) is 3. The van der Waals surface area contributed by atoms with Crippen LogP contribution in [0.25, 0.3) is 0 Å². The maximum atomic E-state index is 9.08. The van der Waals surface area contributed by atoms with Crippen molar-refractivity contribution in [2.75, 3.05) is 39.5 Å². The van der Waals surface area contributed by atoms with Crippen LogP contribution in [0.4, 0.5) is 0 Å². The van der Waals surface area contributed by atoms with Crippen molar-refractivity contribution in [2.24, 2.45) is 5.92 Å². The predicted molar refractivity (Wildman–Crippen MR) is 77.2 cm³/mol. The van der Waals surface area contributed by atoms with Gasteiger partial charge in [0.25, 0.3) is 0 Å². The summed E-state index contributed by atoms with van der Waals surface area (Å²) < 4.78 is 5.67. The minimum atomic E-state index is 0.337. The predicted octanol–water partition coefficient (Wildman–Crippen LogP) is 1.95. The number of rotatable bonds is 8. The molecule has 106 valence electrons. The maximum Gasteiger partial charge on any atom is 0.0506 e. The fraction of sp³-hybridized carbons (Fsp3) is 0.625. The minimum absolute atomic E-state index is 0.337. The molecule has 3 heteroatoms. The molecule has 2 rings (SSSR count). The van der Waals surface area contributed by atoms with E-state index < -0.39 is 0 Å². The summed E-state index contributed by atoms with van der Waals surface area (Å²) >= 11 is 0. The minimum Gasteiger partial charge on any atom is -0.396 e. The van der Waals surface area contributed by atoms with Gasteiger partial charge in [0.05, 0.1) is 6.61 Å². The molecule has 0 aromatic heterocycles. The Labute approximate surface area is 116 Å². The first-order valence-electron chi connectivity index (χ1n) is 7.33. The van der Waals surface area contributed by atoms with Crippen molar-refractivity contribution in [2.45, 2.75) is 19.3 Å². The molecule has 1 fully saturated rings. The molecule has 1 aliphatic rings. The molecule has 1 unspecified atom stereocenters. The van der Waals surface area contributed by atoms with Crippen LogP contribution in [0, 0.1) is 5.92 Å². The van der Waals surface area contributed by atoms with Crippen LogP contribution in [0.2, 0.25) is 0 Å². The molecule has 1 aromatic rings. The molecule has 1 heterocycles. The van der Waals surface area contributed by atoms with Crippen molar-refractivity contribution in [3.63, 3.8) is 0 Å². The van der Waals surface area contributed by atoms with Gasteiger partial charge in [-0.15, -0.1) is 0 Å². The van der Waals surface area contributed by atoms with Gasteiger partial charge in [0, 0.05) is 26.3 Å². The highest BCUT2D eigenvalue weighted by atomic mass is 16.5. The molecule has 0 aliphatic carbocycles. The Balaban J connectivity index is 1.47. The molecule has 0 bridgehead atoms. The van der Waals surface area contributed by atoms with Crippen LogP contribution in [-0.2, 0) is 11.2 Å². The first-order chi connectivity index (χ1) is 9.38. The summed E-state index contributed by atoms with van der Waals surface area (Å²) in [6.45, 7) is 5.28. The van der Waals surface area contributed by atoms with Gasteiger partial charge >= 0.3 is 0 Å². The molecule has 1 aromatic carbocycles. The van der Waals surface area contributed by atoms with Crippen LogP contribution < -0.4 is 0 Å². The topological polar surface area (TPSA) is 32.7 Å². The van der Waals surface area contributed by atoms with Crippen LogP contribution >= 0.6 is 0 Å². The van der Waals surface area contributed by atoms with Gasteiger partial charge in [-0.25, -0.2) is 0 Å². The van der Waals surface area contributed by atoms with E-state index in [2.05, 4.69) is 29.2 Å². The van der Waals surface area contributed by atoms with E-state index in [9.17, 15) is 0 Å². The van der Waals surface area contributed by atoms with E-state index in [0.717, 1.165) is 52.1 Å². The third kappa shape index (κ3) is 5.31. The SMILES string of the molecule is OCC1CCN(CCCOCCc2ccccc2)C1. The molecule has 0 radical (unpaired) electrons. The largest absolute Gasteiger partial charge is 0.396 e. The second-order valence-electron chi connectivity index (χ2n) is 5.34. The fourth-order valence-corrected chi connectivity index (χ4v) is 2.59. The Morgan fingerprint density at radius 3 is 2.79 bits per heavy atom. The van der Waals surface area contributed by atoms with Gasteiger partial charge in [-0.2, -0.15) is 0 Å². The van der Waals surface area contributed by atoms with Crippen molar-refractivity contribution in [1.29, 1.82) is 0 Å². The van der Waals surface area contributed by atoms with Crippen LogP contribution in [0.5, 0.6) is 0 Å². The standard InChI is InChI=1S/C16H25NO2/c18-14-16-7-10-17(13-16)9-4-11-19-12-8-15-5-2-1-3-6-15/h1-3,5-6,16,18H,4,7-14H2. The van der Waals surface area contributed by atoms with E-state index in [4.69, 9.17) is 9.84 Å². The highest BCUT2D eigenvalue weighted by Gasteiger charge is 2.20. The number of aliphatic hydroxyl groups is 1. The number of likely N-dealkylation sites (tertiary alicyclic amines) is 1. The first-order valence-corrected chi connectivity index (χ1v) is 7.33. The smallest absolute Gasteiger partial charge is 0.0506 e. The van der Waals surface area contributed by atoms with Crippen molar-refractivity contribution >= 4 is 0 Å². The van der Waals surface area contributed by atoms with Gasteiger partial charge < -0.3 is 14.7 Å². The molecule has 1 N–H and O–H groups in total. The molecule has 0 saturated carbocycles. The number of ether oxygens (including phenoxy) is 1. The first kappa shape index (κ1) is 14.5. The lowest BCUT2D eigenvalue weighted by atomic mass is 10.1. The second-order valence-corrected chi connectivity index (χ2v) is 5.34. The zero-order valence-electron chi connectivity index (χ0n) is 11.6. The van der Waals surface area contributed by atoms with E-state index in [0.29, 0.717) is 12.5 Å². The quantitative estimate of drug-likeness (QED) is 0.728. The van der Waals surface area contributed by atoms with Gasteiger partial charge in [-0.05, 0) is 37.3 Å². The Morgan fingerprint density at radius 2 is 2.05 bits per heavy atom. The number of aliphatic hydroxyl groups excluding tert-OH is 1. The molecular weight excluding hydrogens is 238 g/mol. The number of benzene rings is 1. The van der Waals surface area contributed by atoms with Gasteiger partial charge in [-0.1, -0.05) is 30.3 Å². The molecule has 19 heavy (non-hydrogen) atoms. The molecule has 1 atom stereocenters. The Bertz CT molecular complexity index is 342. The second kappa shape index (κ2) is 8.31. The summed E-state index contributed by atoms with van der Waals surface area (Å²) in [6.07, 6.45) is 3.23. The average molecular weight is 263 g/mol. The van der Waals surface area contributed by atoms with E-state index in [1.807, 2.05) is 6.07 Å². The zero-order valence-corrected chi connectivity index (χ0v) is 11.6. The maximum absolute atomic E-state index is 9.08. The summed E-state index contributed by atoms with van der Waals surface area (Å²) in [5.74, 6) is 0.499. The van der Waals surface area contributed by atoms with Crippen LogP contribution in [0.15, 0.2) is 30.3 Å². The molecule has 3 nitrogen and oxygen atoms in total. The molecule has 0 spiro atoms. The Kier molecular flexibility index (Phi) is 6.34. The van der Waals surface area contributed by atoms with Crippen LogP contribution in [-0.4, -0.2) is 49.5 Å². The molecule has 1 saturated heterocycles. The van der Waals surface area contributed by atoms with Crippen molar-refractivity contribution in [3.8, 4) is 0 Å². The van der Waals surface area contributed by atoms with E-state index in [1.54, 1.807) is 0 Å². The monoisotopic (exact) mass is 263 g/mol. The number of hydrogen-bond donors (Lipinski definition) is 1. The van der Waals surface area contributed by atoms with Gasteiger partial charge in [0.15, 0.2) is 0 Å². The summed E-state index contributed by atoms with van der Waals surface area (Å²) in [5.41, 5.74) is 1.34. The highest BCUT2D eigenvalue weighted by molar-refractivity contribution is 5.14. The molecule has 0 amide bonds. The van der Waals surface area contributed by atoms with Crippen molar-refractivity contribution in [1.82, 2.24) is 4.90 Å². The van der Waals surface area contributed by atoms with Crippen LogP contribution in [0.1, 0.15) is 18.4 Å². The molecule has 1 aliphatic heterocycles. The van der Waals surface area contributed by atoms with Crippen molar-refractivity contribution in [3.05, 3.63) is 35.9 Å².